The Morgan fingerprint density at radius 1 is 1.19 bits per heavy atom. The van der Waals surface area contributed by atoms with Gasteiger partial charge in [0.25, 0.3) is 0 Å². The van der Waals surface area contributed by atoms with Crippen molar-refractivity contribution in [2.45, 2.75) is 57.9 Å². The summed E-state index contributed by atoms with van der Waals surface area (Å²) in [5, 5.41) is 3.53. The van der Waals surface area contributed by atoms with Crippen LogP contribution in [0.15, 0.2) is 0 Å². The molecule has 0 aliphatic heterocycles. The highest BCUT2D eigenvalue weighted by Crippen LogP contribution is 2.24. The summed E-state index contributed by atoms with van der Waals surface area (Å²) in [4.78, 5) is 2.53. The fraction of sp³-hybridized carbons (Fsp3) is 1.00. The second-order valence-electron chi connectivity index (χ2n) is 5.41. The average Bonchev–Trinajstić information content (AvgIpc) is 2.51. The van der Waals surface area contributed by atoms with E-state index < -0.39 is 0 Å². The quantitative estimate of drug-likeness (QED) is 0.701. The molecule has 1 aliphatic carbocycles. The molecule has 1 fully saturated rings. The topological polar surface area (TPSA) is 15.3 Å². The lowest BCUT2D eigenvalue weighted by Gasteiger charge is -2.29. The van der Waals surface area contributed by atoms with Crippen molar-refractivity contribution < 1.29 is 0 Å². The zero-order valence-corrected chi connectivity index (χ0v) is 11.5. The number of nitrogens with zero attached hydrogens (tertiary/aromatic N) is 1. The van der Waals surface area contributed by atoms with E-state index in [-0.39, 0.29) is 0 Å². The summed E-state index contributed by atoms with van der Waals surface area (Å²) in [5.74, 6) is 0.870. The maximum Gasteiger partial charge on any atom is 0.0104 e. The first kappa shape index (κ1) is 14.0. The van der Waals surface area contributed by atoms with Crippen LogP contribution < -0.4 is 5.32 Å². The van der Waals surface area contributed by atoms with Crippen LogP contribution in [0.3, 0.4) is 0 Å². The zero-order chi connectivity index (χ0) is 11.8. The summed E-state index contributed by atoms with van der Waals surface area (Å²) in [7, 11) is 4.42. The molecule has 0 heterocycles. The minimum Gasteiger partial charge on any atom is -0.317 e. The number of hydrogen-bond acceptors (Lipinski definition) is 2. The van der Waals surface area contributed by atoms with Crippen LogP contribution in [-0.4, -0.2) is 38.1 Å². The highest BCUT2D eigenvalue weighted by atomic mass is 15.1. The highest BCUT2D eigenvalue weighted by molar-refractivity contribution is 4.80. The Morgan fingerprint density at radius 2 is 1.94 bits per heavy atom. The van der Waals surface area contributed by atoms with Crippen LogP contribution in [0.1, 0.15) is 51.9 Å². The minimum absolute atomic E-state index is 0.756. The van der Waals surface area contributed by atoms with Gasteiger partial charge in [-0.15, -0.1) is 0 Å². The van der Waals surface area contributed by atoms with E-state index in [4.69, 9.17) is 0 Å². The number of rotatable bonds is 6. The molecule has 1 rings (SSSR count). The lowest BCUT2D eigenvalue weighted by Crippen LogP contribution is -2.39. The Bertz CT molecular complexity index is 170. The van der Waals surface area contributed by atoms with Gasteiger partial charge in [-0.3, -0.25) is 0 Å². The van der Waals surface area contributed by atoms with Crippen LogP contribution in [-0.2, 0) is 0 Å². The zero-order valence-electron chi connectivity index (χ0n) is 11.5. The Kier molecular flexibility index (Phi) is 7.06. The molecular formula is C14H30N2. The molecule has 0 saturated heterocycles. The van der Waals surface area contributed by atoms with Crippen molar-refractivity contribution in [3.8, 4) is 0 Å². The molecule has 0 bridgehead atoms. The third kappa shape index (κ3) is 4.84. The summed E-state index contributed by atoms with van der Waals surface area (Å²) in [5.41, 5.74) is 0. The van der Waals surface area contributed by atoms with Crippen molar-refractivity contribution in [2.24, 2.45) is 5.92 Å². The van der Waals surface area contributed by atoms with Crippen molar-refractivity contribution in [1.29, 1.82) is 0 Å². The predicted molar refractivity (Wildman–Crippen MR) is 71.8 cm³/mol. The van der Waals surface area contributed by atoms with Crippen LogP contribution in [0.5, 0.6) is 0 Å². The van der Waals surface area contributed by atoms with Gasteiger partial charge in [-0.1, -0.05) is 32.6 Å². The van der Waals surface area contributed by atoms with Gasteiger partial charge >= 0.3 is 0 Å². The van der Waals surface area contributed by atoms with Gasteiger partial charge in [0.15, 0.2) is 0 Å². The molecule has 2 atom stereocenters. The third-order valence-electron chi connectivity index (χ3n) is 3.97. The van der Waals surface area contributed by atoms with Crippen LogP contribution in [0.2, 0.25) is 0 Å². The summed E-state index contributed by atoms with van der Waals surface area (Å²) in [6.07, 6.45) is 9.74. The molecule has 1 aliphatic rings. The molecule has 0 amide bonds. The van der Waals surface area contributed by atoms with Gasteiger partial charge in [0.1, 0.15) is 0 Å². The van der Waals surface area contributed by atoms with Gasteiger partial charge in [0.05, 0.1) is 0 Å². The fourth-order valence-corrected chi connectivity index (χ4v) is 2.90. The first-order chi connectivity index (χ1) is 7.77. The van der Waals surface area contributed by atoms with Crippen molar-refractivity contribution in [3.05, 3.63) is 0 Å². The van der Waals surface area contributed by atoms with Crippen LogP contribution in [0.25, 0.3) is 0 Å². The molecule has 96 valence electrons. The molecule has 0 radical (unpaired) electrons. The molecule has 2 unspecified atom stereocenters. The van der Waals surface area contributed by atoms with Crippen molar-refractivity contribution in [2.75, 3.05) is 27.2 Å². The first-order valence-corrected chi connectivity index (χ1v) is 7.13. The number of nitrogens with one attached hydrogen (secondary N) is 1. The van der Waals surface area contributed by atoms with E-state index in [2.05, 4.69) is 31.2 Å². The van der Waals surface area contributed by atoms with Crippen molar-refractivity contribution in [3.63, 3.8) is 0 Å². The van der Waals surface area contributed by atoms with Crippen LogP contribution in [0.4, 0.5) is 0 Å². The fourth-order valence-electron chi connectivity index (χ4n) is 2.90. The Hall–Kier alpha value is -0.0800. The van der Waals surface area contributed by atoms with Gasteiger partial charge < -0.3 is 10.2 Å². The molecule has 1 saturated carbocycles. The number of unbranched alkanes of at least 4 members (excludes halogenated alkanes) is 1. The van der Waals surface area contributed by atoms with Crippen molar-refractivity contribution >= 4 is 0 Å². The Labute approximate surface area is 102 Å². The first-order valence-electron chi connectivity index (χ1n) is 7.13. The molecule has 16 heavy (non-hydrogen) atoms. The molecule has 2 nitrogen and oxygen atoms in total. The molecule has 0 spiro atoms. The lowest BCUT2D eigenvalue weighted by atomic mass is 9.94. The largest absolute Gasteiger partial charge is 0.317 e. The third-order valence-corrected chi connectivity index (χ3v) is 3.97. The average molecular weight is 226 g/mol. The van der Waals surface area contributed by atoms with Gasteiger partial charge in [0, 0.05) is 12.6 Å². The Balaban J connectivity index is 2.35. The number of hydrogen-bond donors (Lipinski definition) is 1. The summed E-state index contributed by atoms with van der Waals surface area (Å²) in [6.45, 7) is 4.82. The van der Waals surface area contributed by atoms with Gasteiger partial charge in [-0.2, -0.15) is 0 Å². The summed E-state index contributed by atoms with van der Waals surface area (Å²) < 4.78 is 0. The molecule has 0 aromatic heterocycles. The maximum atomic E-state index is 3.53. The highest BCUT2D eigenvalue weighted by Gasteiger charge is 2.23. The summed E-state index contributed by atoms with van der Waals surface area (Å²) in [6, 6.07) is 0.756. The molecule has 0 aromatic rings. The normalized spacial score (nSPS) is 27.0. The second kappa shape index (κ2) is 8.08. The lowest BCUT2D eigenvalue weighted by molar-refractivity contribution is 0.227. The van der Waals surface area contributed by atoms with Crippen LogP contribution >= 0.6 is 0 Å². The standard InChI is InChI=1S/C14H30N2/c1-4-5-11-16(3)12-13-9-7-6-8-10-14(13)15-2/h13-15H,4-12H2,1-3H3. The Morgan fingerprint density at radius 3 is 2.62 bits per heavy atom. The van der Waals surface area contributed by atoms with E-state index in [1.54, 1.807) is 0 Å². The van der Waals surface area contributed by atoms with Gasteiger partial charge in [-0.25, -0.2) is 0 Å². The van der Waals surface area contributed by atoms with E-state index in [0.29, 0.717) is 0 Å². The SMILES string of the molecule is CCCCN(C)CC1CCCCCC1NC. The predicted octanol–water partition coefficient (Wildman–Crippen LogP) is 2.89. The van der Waals surface area contributed by atoms with Gasteiger partial charge in [-0.05, 0) is 45.8 Å². The second-order valence-corrected chi connectivity index (χ2v) is 5.41. The van der Waals surface area contributed by atoms with E-state index in [9.17, 15) is 0 Å². The smallest absolute Gasteiger partial charge is 0.0104 e. The monoisotopic (exact) mass is 226 g/mol. The van der Waals surface area contributed by atoms with E-state index in [1.807, 2.05) is 0 Å². The van der Waals surface area contributed by atoms with E-state index >= 15 is 0 Å². The van der Waals surface area contributed by atoms with E-state index in [1.165, 1.54) is 58.0 Å². The minimum atomic E-state index is 0.756. The van der Waals surface area contributed by atoms with Crippen molar-refractivity contribution in [1.82, 2.24) is 10.2 Å². The molecule has 2 heteroatoms. The van der Waals surface area contributed by atoms with Gasteiger partial charge in [0.2, 0.25) is 0 Å². The molecule has 0 aromatic carbocycles. The van der Waals surface area contributed by atoms with E-state index in [0.717, 1.165) is 12.0 Å². The maximum absolute atomic E-state index is 3.53. The van der Waals surface area contributed by atoms with Crippen LogP contribution in [0, 0.1) is 5.92 Å². The summed E-state index contributed by atoms with van der Waals surface area (Å²) >= 11 is 0. The molecular weight excluding hydrogens is 196 g/mol. The molecule has 1 N–H and O–H groups in total.